The number of pyridine rings is 1. The standard InChI is InChI=1S/C33H38N6O4/c1-32(2)25-17-22(9-10-23(25)30(41-3)42-32)35-28-18-26(36-27(20-40)21-7-5-4-6-8-21)24(19-34-28)29-37-31(38-43-29)33-11-14-39(15-12-33)16-13-33/h4-10,17-19,27,30,40H,11-16,20H2,1-3H3,(H2,34,35,36)/t27-,30+/m1/s1. The van der Waals surface area contributed by atoms with Gasteiger partial charge in [0.15, 0.2) is 12.1 Å². The molecular formula is C33H38N6O4. The zero-order chi connectivity index (χ0) is 29.6. The topological polar surface area (TPSA) is 118 Å². The van der Waals surface area contributed by atoms with Gasteiger partial charge in [-0.05, 0) is 76.0 Å². The van der Waals surface area contributed by atoms with Gasteiger partial charge in [-0.25, -0.2) is 4.98 Å². The van der Waals surface area contributed by atoms with Crippen LogP contribution in [0.15, 0.2) is 65.3 Å². The zero-order valence-corrected chi connectivity index (χ0v) is 24.8. The molecular weight excluding hydrogens is 544 g/mol. The zero-order valence-electron chi connectivity index (χ0n) is 24.8. The molecule has 0 amide bonds. The summed E-state index contributed by atoms with van der Waals surface area (Å²) in [6.45, 7) is 7.21. The van der Waals surface area contributed by atoms with Gasteiger partial charge in [-0.15, -0.1) is 0 Å². The van der Waals surface area contributed by atoms with Gasteiger partial charge in [0.2, 0.25) is 0 Å². The number of aromatic nitrogens is 3. The molecule has 0 aliphatic carbocycles. The number of nitrogens with one attached hydrogen (secondary N) is 2. The van der Waals surface area contributed by atoms with Crippen LogP contribution in [0.25, 0.3) is 11.5 Å². The molecule has 2 aromatic carbocycles. The first kappa shape index (κ1) is 28.0. The number of aliphatic hydroxyl groups excluding tert-OH is 1. The normalized spacial score (nSPS) is 24.5. The Morgan fingerprint density at radius 3 is 2.56 bits per heavy atom. The predicted octanol–water partition coefficient (Wildman–Crippen LogP) is 5.67. The molecule has 2 aromatic heterocycles. The van der Waals surface area contributed by atoms with Crippen LogP contribution in [-0.4, -0.2) is 58.5 Å². The van der Waals surface area contributed by atoms with E-state index in [1.807, 2.05) is 62.4 Å². The average molecular weight is 583 g/mol. The lowest BCUT2D eigenvalue weighted by Crippen LogP contribution is -2.51. The van der Waals surface area contributed by atoms with E-state index in [2.05, 4.69) is 26.8 Å². The number of piperidine rings is 3. The van der Waals surface area contributed by atoms with E-state index >= 15 is 0 Å². The molecule has 2 atom stereocenters. The SMILES string of the molecule is CO[C@H]1OC(C)(C)c2cc(Nc3cc(N[C@H](CO)c4ccccc4)c(-c4nc(C56CCN(CC5)CC6)no4)cn3)ccc21. The summed E-state index contributed by atoms with van der Waals surface area (Å²) in [5.41, 5.74) is 4.85. The van der Waals surface area contributed by atoms with Gasteiger partial charge < -0.3 is 34.6 Å². The Balaban J connectivity index is 1.23. The van der Waals surface area contributed by atoms with E-state index < -0.39 is 5.60 Å². The fourth-order valence-electron chi connectivity index (χ4n) is 6.71. The first-order valence-corrected chi connectivity index (χ1v) is 15.0. The third-order valence-electron chi connectivity index (χ3n) is 9.31. The van der Waals surface area contributed by atoms with Gasteiger partial charge >= 0.3 is 0 Å². The van der Waals surface area contributed by atoms with E-state index in [9.17, 15) is 5.11 Å². The Morgan fingerprint density at radius 2 is 1.84 bits per heavy atom. The number of hydrogen-bond donors (Lipinski definition) is 3. The molecule has 6 heterocycles. The monoisotopic (exact) mass is 582 g/mol. The van der Waals surface area contributed by atoms with Crippen LogP contribution in [0.1, 0.15) is 68.0 Å². The Kier molecular flexibility index (Phi) is 7.17. The van der Waals surface area contributed by atoms with E-state index in [4.69, 9.17) is 24.0 Å². The van der Waals surface area contributed by atoms with Crippen molar-refractivity contribution in [3.8, 4) is 11.5 Å². The second kappa shape index (κ2) is 11.0. The molecule has 3 N–H and O–H groups in total. The van der Waals surface area contributed by atoms with E-state index in [1.54, 1.807) is 13.3 Å². The summed E-state index contributed by atoms with van der Waals surface area (Å²) in [5, 5.41) is 21.8. The van der Waals surface area contributed by atoms with Crippen molar-refractivity contribution >= 4 is 17.2 Å². The second-order valence-corrected chi connectivity index (χ2v) is 12.3. The maximum Gasteiger partial charge on any atom is 0.261 e. The minimum Gasteiger partial charge on any atom is -0.394 e. The molecule has 4 aliphatic rings. The maximum atomic E-state index is 10.4. The van der Waals surface area contributed by atoms with Gasteiger partial charge in [0.25, 0.3) is 5.89 Å². The minimum atomic E-state index is -0.480. The summed E-state index contributed by atoms with van der Waals surface area (Å²) in [4.78, 5) is 12.2. The number of aliphatic hydroxyl groups is 1. The molecule has 224 valence electrons. The van der Waals surface area contributed by atoms with E-state index in [0.29, 0.717) is 17.3 Å². The maximum absolute atomic E-state index is 10.4. The summed E-state index contributed by atoms with van der Waals surface area (Å²) in [6.07, 6.45) is 4.51. The Bertz CT molecular complexity index is 1580. The van der Waals surface area contributed by atoms with Crippen LogP contribution < -0.4 is 10.6 Å². The molecule has 0 radical (unpaired) electrons. The predicted molar refractivity (Wildman–Crippen MR) is 163 cm³/mol. The molecule has 10 heteroatoms. The molecule has 0 saturated carbocycles. The van der Waals surface area contributed by atoms with Crippen LogP contribution in [0.3, 0.4) is 0 Å². The summed E-state index contributed by atoms with van der Waals surface area (Å²) in [5.74, 6) is 1.84. The number of rotatable bonds is 9. The molecule has 10 nitrogen and oxygen atoms in total. The lowest BCUT2D eigenvalue weighted by molar-refractivity contribution is -0.175. The quantitative estimate of drug-likeness (QED) is 0.228. The molecule has 4 aromatic rings. The van der Waals surface area contributed by atoms with Crippen LogP contribution in [0, 0.1) is 0 Å². The van der Waals surface area contributed by atoms with Crippen molar-refractivity contribution in [2.24, 2.45) is 0 Å². The highest BCUT2D eigenvalue weighted by atomic mass is 16.7. The molecule has 0 spiro atoms. The summed E-state index contributed by atoms with van der Waals surface area (Å²) < 4.78 is 17.5. The molecule has 4 aliphatic heterocycles. The number of hydrogen-bond acceptors (Lipinski definition) is 10. The van der Waals surface area contributed by atoms with Crippen molar-refractivity contribution in [1.29, 1.82) is 0 Å². The third-order valence-corrected chi connectivity index (χ3v) is 9.31. The fraction of sp³-hybridized carbons (Fsp3) is 0.424. The number of ether oxygens (including phenoxy) is 2. The van der Waals surface area contributed by atoms with Crippen LogP contribution in [0.5, 0.6) is 0 Å². The van der Waals surface area contributed by atoms with Gasteiger partial charge in [-0.2, -0.15) is 4.98 Å². The summed E-state index contributed by atoms with van der Waals surface area (Å²) in [6, 6.07) is 17.6. The van der Waals surface area contributed by atoms with Crippen LogP contribution in [-0.2, 0) is 20.5 Å². The molecule has 2 bridgehead atoms. The summed E-state index contributed by atoms with van der Waals surface area (Å²) in [7, 11) is 1.65. The van der Waals surface area contributed by atoms with E-state index in [0.717, 1.165) is 72.8 Å². The lowest BCUT2D eigenvalue weighted by Gasteiger charge is -2.46. The number of anilines is 3. The van der Waals surface area contributed by atoms with E-state index in [1.165, 1.54) is 0 Å². The fourth-order valence-corrected chi connectivity index (χ4v) is 6.71. The van der Waals surface area contributed by atoms with Crippen molar-refractivity contribution in [3.05, 3.63) is 83.3 Å². The molecule has 3 fully saturated rings. The molecule has 43 heavy (non-hydrogen) atoms. The molecule has 0 unspecified atom stereocenters. The first-order chi connectivity index (χ1) is 20.9. The number of methoxy groups -OCH3 is 1. The lowest BCUT2D eigenvalue weighted by atomic mass is 9.71. The van der Waals surface area contributed by atoms with Crippen LogP contribution in [0.2, 0.25) is 0 Å². The van der Waals surface area contributed by atoms with Crippen molar-refractivity contribution in [2.75, 3.05) is 44.0 Å². The van der Waals surface area contributed by atoms with E-state index in [-0.39, 0.29) is 24.4 Å². The van der Waals surface area contributed by atoms with Gasteiger partial charge in [-0.1, -0.05) is 41.6 Å². The number of fused-ring (bicyclic) bond motifs is 4. The van der Waals surface area contributed by atoms with Crippen molar-refractivity contribution in [2.45, 2.75) is 56.5 Å². The molecule has 3 saturated heterocycles. The Labute approximate surface area is 251 Å². The van der Waals surface area contributed by atoms with Crippen molar-refractivity contribution in [3.63, 3.8) is 0 Å². The van der Waals surface area contributed by atoms with Gasteiger partial charge in [-0.3, -0.25) is 0 Å². The second-order valence-electron chi connectivity index (χ2n) is 12.3. The highest BCUT2D eigenvalue weighted by Gasteiger charge is 2.44. The van der Waals surface area contributed by atoms with Gasteiger partial charge in [0, 0.05) is 36.0 Å². The molecule has 8 rings (SSSR count). The highest BCUT2D eigenvalue weighted by molar-refractivity contribution is 5.76. The van der Waals surface area contributed by atoms with Crippen LogP contribution in [0.4, 0.5) is 17.2 Å². The Morgan fingerprint density at radius 1 is 1.07 bits per heavy atom. The average Bonchev–Trinajstić information content (AvgIpc) is 3.64. The van der Waals surface area contributed by atoms with Gasteiger partial charge in [0.05, 0.1) is 29.5 Å². The number of nitrogens with zero attached hydrogens (tertiary/aromatic N) is 4. The third kappa shape index (κ3) is 5.18. The van der Waals surface area contributed by atoms with Crippen molar-refractivity contribution in [1.82, 2.24) is 20.0 Å². The van der Waals surface area contributed by atoms with Crippen LogP contribution >= 0.6 is 0 Å². The number of benzene rings is 2. The minimum absolute atomic E-state index is 0.0242. The first-order valence-electron chi connectivity index (χ1n) is 15.0. The van der Waals surface area contributed by atoms with Gasteiger partial charge in [0.1, 0.15) is 5.82 Å². The largest absolute Gasteiger partial charge is 0.394 e. The highest BCUT2D eigenvalue weighted by Crippen LogP contribution is 2.45. The van der Waals surface area contributed by atoms with Crippen molar-refractivity contribution < 1.29 is 19.1 Å². The Hall–Kier alpha value is -3.83. The summed E-state index contributed by atoms with van der Waals surface area (Å²) >= 11 is 0. The smallest absolute Gasteiger partial charge is 0.261 e.